The second-order valence-electron chi connectivity index (χ2n) is 5.38. The smallest absolute Gasteiger partial charge is 0.228 e. The van der Waals surface area contributed by atoms with Crippen molar-refractivity contribution in [1.29, 1.82) is 0 Å². The third-order valence-electron chi connectivity index (χ3n) is 3.94. The normalized spacial score (nSPS) is 10.7. The number of methoxy groups -OCH3 is 4. The lowest BCUT2D eigenvalue weighted by atomic mass is 10.1. The Balaban J connectivity index is 2.08. The average Bonchev–Trinajstić information content (AvgIpc) is 3.07. The molecule has 0 N–H and O–H groups in total. The first-order valence-corrected chi connectivity index (χ1v) is 8.72. The molecule has 0 amide bonds. The number of furan rings is 1. The molecule has 26 heavy (non-hydrogen) atoms. The van der Waals surface area contributed by atoms with E-state index in [9.17, 15) is 4.79 Å². The molecular weight excluding hydrogens is 451 g/mol. The molecule has 3 aromatic rings. The van der Waals surface area contributed by atoms with E-state index in [0.717, 1.165) is 8.96 Å². The van der Waals surface area contributed by atoms with Gasteiger partial charge in [-0.15, -0.1) is 0 Å². The van der Waals surface area contributed by atoms with Crippen molar-refractivity contribution < 1.29 is 28.2 Å². The summed E-state index contributed by atoms with van der Waals surface area (Å²) < 4.78 is 27.9. The number of ketones is 1. The first kappa shape index (κ1) is 18.4. The molecule has 0 spiro atoms. The number of halogens is 1. The van der Waals surface area contributed by atoms with Gasteiger partial charge in [-0.3, -0.25) is 4.79 Å². The summed E-state index contributed by atoms with van der Waals surface area (Å²) >= 11 is 2.17. The summed E-state index contributed by atoms with van der Waals surface area (Å²) in [4.78, 5) is 12.9. The van der Waals surface area contributed by atoms with Crippen LogP contribution in [0.5, 0.6) is 23.0 Å². The summed E-state index contributed by atoms with van der Waals surface area (Å²) in [5, 5.41) is 0.825. The zero-order chi connectivity index (χ0) is 18.8. The third-order valence-corrected chi connectivity index (χ3v) is 4.78. The average molecular weight is 468 g/mol. The van der Waals surface area contributed by atoms with Crippen molar-refractivity contribution in [1.82, 2.24) is 0 Å². The highest BCUT2D eigenvalue weighted by atomic mass is 127. The van der Waals surface area contributed by atoms with Gasteiger partial charge in [0.15, 0.2) is 17.3 Å². The van der Waals surface area contributed by atoms with Crippen LogP contribution in [0.2, 0.25) is 0 Å². The summed E-state index contributed by atoms with van der Waals surface area (Å²) in [5.41, 5.74) is 0.957. The van der Waals surface area contributed by atoms with Gasteiger partial charge in [0.05, 0.1) is 32.0 Å². The minimum Gasteiger partial charge on any atom is -0.496 e. The summed E-state index contributed by atoms with van der Waals surface area (Å²) in [6.45, 7) is 0. The van der Waals surface area contributed by atoms with E-state index in [1.165, 1.54) is 21.3 Å². The lowest BCUT2D eigenvalue weighted by molar-refractivity contribution is 0.101. The number of fused-ring (bicyclic) bond motifs is 1. The van der Waals surface area contributed by atoms with E-state index in [1.807, 2.05) is 6.07 Å². The minimum absolute atomic E-state index is 0.221. The Labute approximate surface area is 164 Å². The van der Waals surface area contributed by atoms with E-state index in [0.29, 0.717) is 34.1 Å². The van der Waals surface area contributed by atoms with Gasteiger partial charge in [-0.2, -0.15) is 0 Å². The van der Waals surface area contributed by atoms with E-state index in [2.05, 4.69) is 22.6 Å². The second-order valence-corrected chi connectivity index (χ2v) is 6.54. The van der Waals surface area contributed by atoms with Gasteiger partial charge in [-0.05, 0) is 46.9 Å². The molecule has 0 aliphatic rings. The van der Waals surface area contributed by atoms with E-state index in [-0.39, 0.29) is 11.5 Å². The maximum atomic E-state index is 12.9. The second kappa shape index (κ2) is 7.45. The summed E-state index contributed by atoms with van der Waals surface area (Å²) in [5.74, 6) is 1.87. The first-order valence-electron chi connectivity index (χ1n) is 7.64. The number of carbonyl (C=O) groups is 1. The van der Waals surface area contributed by atoms with Crippen LogP contribution in [0.3, 0.4) is 0 Å². The molecule has 0 bridgehead atoms. The van der Waals surface area contributed by atoms with Gasteiger partial charge in [0.1, 0.15) is 11.3 Å². The van der Waals surface area contributed by atoms with Crippen molar-refractivity contribution in [3.05, 3.63) is 45.2 Å². The molecule has 0 unspecified atom stereocenters. The zero-order valence-corrected chi connectivity index (χ0v) is 16.9. The standard InChI is InChI=1S/C19H17IO6/c1-22-14-9-13-10(5-12(14)20)6-15(26-13)18(21)11-7-16(23-2)19(25-4)17(8-11)24-3/h5-9H,1-4H3. The fourth-order valence-electron chi connectivity index (χ4n) is 2.66. The van der Waals surface area contributed by atoms with Crippen LogP contribution in [0.25, 0.3) is 11.0 Å². The molecule has 7 heteroatoms. The van der Waals surface area contributed by atoms with Crippen molar-refractivity contribution in [3.63, 3.8) is 0 Å². The Bertz CT molecular complexity index is 951. The highest BCUT2D eigenvalue weighted by molar-refractivity contribution is 14.1. The molecule has 0 aliphatic carbocycles. The SMILES string of the molecule is COc1cc2oc(C(=O)c3cc(OC)c(OC)c(OC)c3)cc2cc1I. The lowest BCUT2D eigenvalue weighted by Crippen LogP contribution is -2.03. The van der Waals surface area contributed by atoms with Gasteiger partial charge in [0.2, 0.25) is 11.5 Å². The molecular formula is C19H17IO6. The van der Waals surface area contributed by atoms with Crippen molar-refractivity contribution in [2.24, 2.45) is 0 Å². The van der Waals surface area contributed by atoms with Crippen LogP contribution >= 0.6 is 22.6 Å². The van der Waals surface area contributed by atoms with Crippen LogP contribution < -0.4 is 18.9 Å². The maximum absolute atomic E-state index is 12.9. The molecule has 1 aromatic heterocycles. The predicted molar refractivity (Wildman–Crippen MR) is 105 cm³/mol. The van der Waals surface area contributed by atoms with E-state index < -0.39 is 0 Å². The molecule has 1 heterocycles. The molecule has 0 saturated carbocycles. The van der Waals surface area contributed by atoms with Gasteiger partial charge in [-0.1, -0.05) is 0 Å². The van der Waals surface area contributed by atoms with Crippen LogP contribution in [0.15, 0.2) is 34.7 Å². The monoisotopic (exact) mass is 468 g/mol. The van der Waals surface area contributed by atoms with Crippen molar-refractivity contribution in [3.8, 4) is 23.0 Å². The molecule has 3 rings (SSSR count). The van der Waals surface area contributed by atoms with Gasteiger partial charge >= 0.3 is 0 Å². The van der Waals surface area contributed by atoms with E-state index in [4.69, 9.17) is 23.4 Å². The fraction of sp³-hybridized carbons (Fsp3) is 0.211. The van der Waals surface area contributed by atoms with Crippen LogP contribution in [0.1, 0.15) is 16.1 Å². The number of ether oxygens (including phenoxy) is 4. The Morgan fingerprint density at radius 3 is 2.00 bits per heavy atom. The van der Waals surface area contributed by atoms with Crippen molar-refractivity contribution in [2.45, 2.75) is 0 Å². The molecule has 0 radical (unpaired) electrons. The molecule has 0 aliphatic heterocycles. The quantitative estimate of drug-likeness (QED) is 0.397. The topological polar surface area (TPSA) is 67.1 Å². The molecule has 0 saturated heterocycles. The van der Waals surface area contributed by atoms with Crippen molar-refractivity contribution >= 4 is 39.3 Å². The van der Waals surface area contributed by atoms with Crippen molar-refractivity contribution in [2.75, 3.05) is 28.4 Å². The molecule has 6 nitrogen and oxygen atoms in total. The van der Waals surface area contributed by atoms with Crippen LogP contribution in [-0.4, -0.2) is 34.2 Å². The Morgan fingerprint density at radius 1 is 0.846 bits per heavy atom. The van der Waals surface area contributed by atoms with Crippen LogP contribution in [0, 0.1) is 3.57 Å². The largest absolute Gasteiger partial charge is 0.496 e. The van der Waals surface area contributed by atoms with Gasteiger partial charge in [0, 0.05) is 17.0 Å². The summed E-state index contributed by atoms with van der Waals surface area (Å²) in [6, 6.07) is 8.58. The zero-order valence-electron chi connectivity index (χ0n) is 14.7. The Hall–Kier alpha value is -2.42. The maximum Gasteiger partial charge on any atom is 0.228 e. The van der Waals surface area contributed by atoms with Crippen LogP contribution in [-0.2, 0) is 0 Å². The minimum atomic E-state index is -0.283. The first-order chi connectivity index (χ1) is 12.5. The molecule has 0 fully saturated rings. The molecule has 136 valence electrons. The van der Waals surface area contributed by atoms with Gasteiger partial charge in [-0.25, -0.2) is 0 Å². The predicted octanol–water partition coefficient (Wildman–Crippen LogP) is 4.30. The van der Waals surface area contributed by atoms with E-state index in [1.54, 1.807) is 31.4 Å². The van der Waals surface area contributed by atoms with Gasteiger partial charge < -0.3 is 23.4 Å². The number of benzene rings is 2. The number of hydrogen-bond donors (Lipinski definition) is 0. The van der Waals surface area contributed by atoms with Gasteiger partial charge in [0.25, 0.3) is 0 Å². The van der Waals surface area contributed by atoms with E-state index >= 15 is 0 Å². The lowest BCUT2D eigenvalue weighted by Gasteiger charge is -2.13. The Kier molecular flexibility index (Phi) is 5.26. The Morgan fingerprint density at radius 2 is 1.46 bits per heavy atom. The molecule has 0 atom stereocenters. The highest BCUT2D eigenvalue weighted by Gasteiger charge is 2.21. The third kappa shape index (κ3) is 3.18. The summed E-state index contributed by atoms with van der Waals surface area (Å²) in [6.07, 6.45) is 0. The fourth-order valence-corrected chi connectivity index (χ4v) is 3.37. The molecule has 2 aromatic carbocycles. The highest BCUT2D eigenvalue weighted by Crippen LogP contribution is 2.39. The number of hydrogen-bond acceptors (Lipinski definition) is 6. The summed E-state index contributed by atoms with van der Waals surface area (Å²) in [7, 11) is 6.10. The van der Waals surface area contributed by atoms with Crippen LogP contribution in [0.4, 0.5) is 0 Å². The number of carbonyl (C=O) groups excluding carboxylic acids is 1. The number of rotatable bonds is 6.